The molecule has 19 heavy (non-hydrogen) atoms. The van der Waals surface area contributed by atoms with E-state index >= 15 is 0 Å². The molecule has 1 aromatic rings. The maximum Gasteiger partial charge on any atom is 0.176 e. The third kappa shape index (κ3) is 3.44. The van der Waals surface area contributed by atoms with Crippen LogP contribution in [-0.4, -0.2) is 19.4 Å². The van der Waals surface area contributed by atoms with Crippen molar-refractivity contribution in [3.8, 4) is 0 Å². The van der Waals surface area contributed by atoms with Crippen LogP contribution in [0.1, 0.15) is 61.4 Å². The lowest BCUT2D eigenvalue weighted by molar-refractivity contribution is 0.0991. The Hall–Kier alpha value is -1.15. The largest absolute Gasteiger partial charge is 0.313 e. The summed E-state index contributed by atoms with van der Waals surface area (Å²) in [7, 11) is 1.82. The average molecular weight is 259 g/mol. The average Bonchev–Trinajstić information content (AvgIpc) is 2.38. The van der Waals surface area contributed by atoms with E-state index in [4.69, 9.17) is 0 Å². The maximum absolute atomic E-state index is 12.2. The molecule has 2 rings (SSSR count). The fourth-order valence-electron chi connectivity index (χ4n) is 3.33. The second-order valence-electron chi connectivity index (χ2n) is 6.50. The highest BCUT2D eigenvalue weighted by molar-refractivity contribution is 5.99. The van der Waals surface area contributed by atoms with Gasteiger partial charge in [0, 0.05) is 5.56 Å². The molecular formula is C17H25NO. The first-order chi connectivity index (χ1) is 9.03. The fraction of sp³-hybridized carbons (Fsp3) is 0.588. The van der Waals surface area contributed by atoms with Crippen LogP contribution in [0, 0.1) is 5.41 Å². The minimum Gasteiger partial charge on any atom is -0.313 e. The van der Waals surface area contributed by atoms with Crippen LogP contribution in [0.4, 0.5) is 0 Å². The van der Waals surface area contributed by atoms with E-state index in [2.05, 4.69) is 31.3 Å². The number of ketones is 1. The number of Topliss-reactive ketones (excluding diaryl/α,β-unsaturated/α-hetero) is 1. The zero-order valence-electron chi connectivity index (χ0n) is 12.3. The summed E-state index contributed by atoms with van der Waals surface area (Å²) in [5.41, 5.74) is 2.58. The highest BCUT2D eigenvalue weighted by atomic mass is 16.1. The lowest BCUT2D eigenvalue weighted by Crippen LogP contribution is -2.24. The van der Waals surface area contributed by atoms with Gasteiger partial charge in [-0.25, -0.2) is 0 Å². The van der Waals surface area contributed by atoms with E-state index in [9.17, 15) is 4.79 Å². The van der Waals surface area contributed by atoms with Crippen molar-refractivity contribution in [1.29, 1.82) is 0 Å². The third-order valence-corrected chi connectivity index (χ3v) is 4.24. The summed E-state index contributed by atoms with van der Waals surface area (Å²) in [5, 5.41) is 2.96. The molecule has 104 valence electrons. The monoisotopic (exact) mass is 259 g/mol. The van der Waals surface area contributed by atoms with Crippen LogP contribution in [-0.2, 0) is 0 Å². The van der Waals surface area contributed by atoms with Crippen LogP contribution in [0.2, 0.25) is 0 Å². The first-order valence-corrected chi connectivity index (χ1v) is 7.30. The van der Waals surface area contributed by atoms with Crippen LogP contribution in [0.3, 0.4) is 0 Å². The molecule has 2 heteroatoms. The number of rotatable bonds is 4. The number of nitrogens with one attached hydrogen (secondary N) is 1. The predicted octanol–water partition coefficient (Wildman–Crippen LogP) is 3.77. The Morgan fingerprint density at radius 1 is 1.37 bits per heavy atom. The number of carbonyl (C=O) groups is 1. The van der Waals surface area contributed by atoms with E-state index in [0.29, 0.717) is 17.9 Å². The van der Waals surface area contributed by atoms with Gasteiger partial charge in [0.05, 0.1) is 6.54 Å². The molecule has 0 bridgehead atoms. The fourth-order valence-corrected chi connectivity index (χ4v) is 3.33. The molecule has 1 saturated carbocycles. The Balaban J connectivity index is 2.26. The Bertz CT molecular complexity index is 450. The van der Waals surface area contributed by atoms with Crippen LogP contribution >= 0.6 is 0 Å². The highest BCUT2D eigenvalue weighted by Crippen LogP contribution is 2.44. The van der Waals surface area contributed by atoms with Gasteiger partial charge in [0.2, 0.25) is 0 Å². The summed E-state index contributed by atoms with van der Waals surface area (Å²) in [6.07, 6.45) is 4.98. The van der Waals surface area contributed by atoms with E-state index < -0.39 is 0 Å². The number of benzene rings is 1. The normalized spacial score (nSPS) is 22.2. The minimum atomic E-state index is 0.210. The van der Waals surface area contributed by atoms with Crippen molar-refractivity contribution in [2.24, 2.45) is 5.41 Å². The van der Waals surface area contributed by atoms with Gasteiger partial charge in [0.15, 0.2) is 5.78 Å². The molecular weight excluding hydrogens is 234 g/mol. The molecule has 1 aliphatic rings. The first-order valence-electron chi connectivity index (χ1n) is 7.30. The molecule has 0 aliphatic heterocycles. The van der Waals surface area contributed by atoms with Crippen LogP contribution in [0.25, 0.3) is 0 Å². The Labute approximate surface area is 116 Å². The molecule has 0 amide bonds. The van der Waals surface area contributed by atoms with Crippen molar-refractivity contribution in [3.63, 3.8) is 0 Å². The van der Waals surface area contributed by atoms with Gasteiger partial charge in [-0.15, -0.1) is 0 Å². The molecule has 0 spiro atoms. The SMILES string of the molecule is CNCC(=O)c1ccccc1C1CCCC(C)(C)C1. The van der Waals surface area contributed by atoms with E-state index in [1.807, 2.05) is 19.2 Å². The summed E-state index contributed by atoms with van der Waals surface area (Å²) >= 11 is 0. The summed E-state index contributed by atoms with van der Waals surface area (Å²) in [5.74, 6) is 0.752. The number of hydrogen-bond donors (Lipinski definition) is 1. The Morgan fingerprint density at radius 2 is 2.11 bits per heavy atom. The molecule has 1 aromatic carbocycles. The van der Waals surface area contributed by atoms with Crippen LogP contribution in [0.5, 0.6) is 0 Å². The predicted molar refractivity (Wildman–Crippen MR) is 79.7 cm³/mol. The van der Waals surface area contributed by atoms with Gasteiger partial charge in [-0.3, -0.25) is 4.79 Å². The Morgan fingerprint density at radius 3 is 2.79 bits per heavy atom. The lowest BCUT2D eigenvalue weighted by Gasteiger charge is -2.36. The van der Waals surface area contributed by atoms with Crippen molar-refractivity contribution in [2.45, 2.75) is 45.4 Å². The van der Waals surface area contributed by atoms with E-state index in [-0.39, 0.29) is 5.78 Å². The van der Waals surface area contributed by atoms with Gasteiger partial charge in [0.25, 0.3) is 0 Å². The molecule has 1 unspecified atom stereocenters. The topological polar surface area (TPSA) is 29.1 Å². The van der Waals surface area contributed by atoms with Gasteiger partial charge in [-0.1, -0.05) is 44.5 Å². The maximum atomic E-state index is 12.2. The number of likely N-dealkylation sites (N-methyl/N-ethyl adjacent to an activating group) is 1. The number of hydrogen-bond acceptors (Lipinski definition) is 2. The minimum absolute atomic E-state index is 0.210. The van der Waals surface area contributed by atoms with Crippen molar-refractivity contribution < 1.29 is 4.79 Å². The lowest BCUT2D eigenvalue weighted by atomic mass is 9.69. The first kappa shape index (κ1) is 14.3. The van der Waals surface area contributed by atoms with Gasteiger partial charge >= 0.3 is 0 Å². The molecule has 1 fully saturated rings. The molecule has 1 aliphatic carbocycles. The van der Waals surface area contributed by atoms with Crippen molar-refractivity contribution in [3.05, 3.63) is 35.4 Å². The molecule has 2 nitrogen and oxygen atoms in total. The standard InChI is InChI=1S/C17H25NO/c1-17(2)10-6-7-13(11-17)14-8-4-5-9-15(14)16(19)12-18-3/h4-5,8-9,13,18H,6-7,10-12H2,1-3H3. The van der Waals surface area contributed by atoms with Crippen molar-refractivity contribution >= 4 is 5.78 Å². The molecule has 0 heterocycles. The zero-order valence-corrected chi connectivity index (χ0v) is 12.3. The van der Waals surface area contributed by atoms with E-state index in [0.717, 1.165) is 5.56 Å². The second-order valence-corrected chi connectivity index (χ2v) is 6.50. The summed E-state index contributed by atoms with van der Waals surface area (Å²) < 4.78 is 0. The van der Waals surface area contributed by atoms with E-state index in [1.54, 1.807) is 0 Å². The van der Waals surface area contributed by atoms with Gasteiger partial charge in [-0.2, -0.15) is 0 Å². The quantitative estimate of drug-likeness (QED) is 0.834. The van der Waals surface area contributed by atoms with Gasteiger partial charge in [0.1, 0.15) is 0 Å². The molecule has 0 aromatic heterocycles. The summed E-state index contributed by atoms with van der Waals surface area (Å²) in [4.78, 5) is 12.2. The second kappa shape index (κ2) is 5.87. The molecule has 1 N–H and O–H groups in total. The Kier molecular flexibility index (Phi) is 4.41. The third-order valence-electron chi connectivity index (χ3n) is 4.24. The van der Waals surface area contributed by atoms with Gasteiger partial charge < -0.3 is 5.32 Å². The molecule has 0 saturated heterocycles. The number of carbonyl (C=O) groups excluding carboxylic acids is 1. The molecule has 1 atom stereocenters. The van der Waals surface area contributed by atoms with Crippen molar-refractivity contribution in [1.82, 2.24) is 5.32 Å². The van der Waals surface area contributed by atoms with Crippen LogP contribution < -0.4 is 5.32 Å². The van der Waals surface area contributed by atoms with Gasteiger partial charge in [-0.05, 0) is 43.2 Å². The zero-order chi connectivity index (χ0) is 13.9. The highest BCUT2D eigenvalue weighted by Gasteiger charge is 2.30. The summed E-state index contributed by atoms with van der Waals surface area (Å²) in [6, 6.07) is 8.17. The summed E-state index contributed by atoms with van der Waals surface area (Å²) in [6.45, 7) is 5.11. The van der Waals surface area contributed by atoms with E-state index in [1.165, 1.54) is 31.2 Å². The molecule has 0 radical (unpaired) electrons. The van der Waals surface area contributed by atoms with Crippen LogP contribution in [0.15, 0.2) is 24.3 Å². The van der Waals surface area contributed by atoms with Crippen molar-refractivity contribution in [2.75, 3.05) is 13.6 Å². The smallest absolute Gasteiger partial charge is 0.176 e.